The highest BCUT2D eigenvalue weighted by molar-refractivity contribution is 5.85. The van der Waals surface area contributed by atoms with Gasteiger partial charge < -0.3 is 18.6 Å². The quantitative estimate of drug-likeness (QED) is 0.392. The van der Waals surface area contributed by atoms with Gasteiger partial charge in [-0.1, -0.05) is 0 Å². The fourth-order valence-electron chi connectivity index (χ4n) is 2.65. The molecule has 0 radical (unpaired) electrons. The molecule has 3 rings (SSSR count). The van der Waals surface area contributed by atoms with Gasteiger partial charge in [0.05, 0.1) is 43.4 Å². The maximum absolute atomic E-state index is 12.4. The van der Waals surface area contributed by atoms with E-state index in [1.54, 1.807) is 18.2 Å². The van der Waals surface area contributed by atoms with Crippen molar-refractivity contribution in [2.24, 2.45) is 0 Å². The first-order valence-electron chi connectivity index (χ1n) is 7.51. The molecule has 3 aromatic rings. The van der Waals surface area contributed by atoms with E-state index in [1.807, 2.05) is 0 Å². The van der Waals surface area contributed by atoms with Gasteiger partial charge in [-0.25, -0.2) is 4.79 Å². The number of rotatable bonds is 5. The number of hydrogen-bond acceptors (Lipinski definition) is 7. The lowest BCUT2D eigenvalue weighted by Gasteiger charge is -2.10. The number of nitrogens with zero attached hydrogens (tertiary/aromatic N) is 1. The third-order valence-electron chi connectivity index (χ3n) is 3.93. The Kier molecular flexibility index (Phi) is 4.49. The van der Waals surface area contributed by atoms with Crippen LogP contribution in [0.5, 0.6) is 17.2 Å². The summed E-state index contributed by atoms with van der Waals surface area (Å²) in [4.78, 5) is 23.3. The maximum Gasteiger partial charge on any atom is 0.344 e. The van der Waals surface area contributed by atoms with E-state index in [-0.39, 0.29) is 28.3 Å². The summed E-state index contributed by atoms with van der Waals surface area (Å²) in [6, 6.07) is 9.05. The van der Waals surface area contributed by atoms with Crippen LogP contribution in [0.1, 0.15) is 0 Å². The van der Waals surface area contributed by atoms with Crippen LogP contribution in [0, 0.1) is 10.1 Å². The van der Waals surface area contributed by atoms with Crippen molar-refractivity contribution < 1.29 is 23.6 Å². The smallest absolute Gasteiger partial charge is 0.344 e. The fraction of sp³-hybridized carbons (Fsp3) is 0.167. The van der Waals surface area contributed by atoms with Crippen LogP contribution in [-0.4, -0.2) is 26.3 Å². The van der Waals surface area contributed by atoms with Crippen LogP contribution in [0.25, 0.3) is 22.1 Å². The van der Waals surface area contributed by atoms with Crippen LogP contribution < -0.4 is 19.8 Å². The van der Waals surface area contributed by atoms with Crippen molar-refractivity contribution in [2.45, 2.75) is 0 Å². The molecule has 2 aromatic carbocycles. The summed E-state index contributed by atoms with van der Waals surface area (Å²) >= 11 is 0. The van der Waals surface area contributed by atoms with Crippen molar-refractivity contribution in [1.82, 2.24) is 0 Å². The Labute approximate surface area is 147 Å². The van der Waals surface area contributed by atoms with E-state index in [0.717, 1.165) is 0 Å². The molecular formula is C18H15NO7. The summed E-state index contributed by atoms with van der Waals surface area (Å²) in [5.41, 5.74) is -0.526. The van der Waals surface area contributed by atoms with Crippen molar-refractivity contribution in [3.63, 3.8) is 0 Å². The van der Waals surface area contributed by atoms with Gasteiger partial charge in [0.2, 0.25) is 0 Å². The molecule has 8 heteroatoms. The van der Waals surface area contributed by atoms with Gasteiger partial charge in [0.25, 0.3) is 5.69 Å². The van der Waals surface area contributed by atoms with Crippen molar-refractivity contribution in [3.05, 3.63) is 56.9 Å². The highest BCUT2D eigenvalue weighted by Crippen LogP contribution is 2.39. The maximum atomic E-state index is 12.4. The molecule has 1 aromatic heterocycles. The molecule has 8 nitrogen and oxygen atoms in total. The zero-order valence-electron chi connectivity index (χ0n) is 14.3. The van der Waals surface area contributed by atoms with Crippen LogP contribution in [-0.2, 0) is 0 Å². The second-order valence-corrected chi connectivity index (χ2v) is 5.33. The first-order valence-corrected chi connectivity index (χ1v) is 7.51. The second kappa shape index (κ2) is 6.75. The van der Waals surface area contributed by atoms with Gasteiger partial charge in [-0.3, -0.25) is 10.1 Å². The third kappa shape index (κ3) is 2.92. The minimum atomic E-state index is -0.696. The highest BCUT2D eigenvalue weighted by atomic mass is 16.6. The Balaban J connectivity index is 2.32. The van der Waals surface area contributed by atoms with Gasteiger partial charge >= 0.3 is 5.63 Å². The molecule has 0 atom stereocenters. The van der Waals surface area contributed by atoms with Crippen LogP contribution >= 0.6 is 0 Å². The number of benzene rings is 2. The predicted octanol–water partition coefficient (Wildman–Crippen LogP) is 3.39. The number of nitro groups is 1. The molecule has 0 amide bonds. The summed E-state index contributed by atoms with van der Waals surface area (Å²) < 4.78 is 20.8. The molecule has 0 N–H and O–H groups in total. The van der Waals surface area contributed by atoms with E-state index in [4.69, 9.17) is 18.6 Å². The average molecular weight is 357 g/mol. The number of nitro benzene ring substituents is 1. The Morgan fingerprint density at radius 1 is 0.923 bits per heavy atom. The molecule has 0 aliphatic heterocycles. The Hall–Kier alpha value is -3.55. The average Bonchev–Trinajstić information content (AvgIpc) is 2.65. The number of methoxy groups -OCH3 is 3. The Morgan fingerprint density at radius 3 is 2.23 bits per heavy atom. The molecule has 0 saturated heterocycles. The molecule has 0 saturated carbocycles. The lowest BCUT2D eigenvalue weighted by Crippen LogP contribution is -2.05. The Morgan fingerprint density at radius 2 is 1.62 bits per heavy atom. The molecule has 134 valence electrons. The largest absolute Gasteiger partial charge is 0.497 e. The van der Waals surface area contributed by atoms with E-state index < -0.39 is 10.5 Å². The van der Waals surface area contributed by atoms with Crippen molar-refractivity contribution in [1.29, 1.82) is 0 Å². The van der Waals surface area contributed by atoms with Crippen LogP contribution in [0.4, 0.5) is 5.69 Å². The normalized spacial score (nSPS) is 10.6. The highest BCUT2D eigenvalue weighted by Gasteiger charge is 2.23. The van der Waals surface area contributed by atoms with E-state index in [1.165, 1.54) is 39.5 Å². The summed E-state index contributed by atoms with van der Waals surface area (Å²) in [6.07, 6.45) is 0. The molecule has 0 unspecified atom stereocenters. The minimum Gasteiger partial charge on any atom is -0.497 e. The van der Waals surface area contributed by atoms with Crippen LogP contribution in [0.3, 0.4) is 0 Å². The monoisotopic (exact) mass is 357 g/mol. The van der Waals surface area contributed by atoms with Crippen molar-refractivity contribution in [3.8, 4) is 28.4 Å². The van der Waals surface area contributed by atoms with E-state index >= 15 is 0 Å². The minimum absolute atomic E-state index is 0.0402. The first-order chi connectivity index (χ1) is 12.5. The van der Waals surface area contributed by atoms with E-state index in [0.29, 0.717) is 16.7 Å². The molecule has 1 heterocycles. The fourth-order valence-corrected chi connectivity index (χ4v) is 2.65. The van der Waals surface area contributed by atoms with Gasteiger partial charge in [0, 0.05) is 5.39 Å². The van der Waals surface area contributed by atoms with Gasteiger partial charge in [-0.2, -0.15) is 0 Å². The summed E-state index contributed by atoms with van der Waals surface area (Å²) in [7, 11) is 4.29. The summed E-state index contributed by atoms with van der Waals surface area (Å²) in [6.45, 7) is 0. The Bertz CT molecular complexity index is 1060. The molecule has 0 bridgehead atoms. The van der Waals surface area contributed by atoms with Crippen molar-refractivity contribution >= 4 is 16.7 Å². The topological polar surface area (TPSA) is 101 Å². The standard InChI is InChI=1S/C18H15NO7/c1-23-11-4-5-15-10(6-11)7-13(18(20)26-15)12-8-16(24-2)17(25-3)9-14(12)19(21)22/h4-9H,1-3H3. The number of ether oxygens (including phenoxy) is 3. The van der Waals surface area contributed by atoms with E-state index in [9.17, 15) is 14.9 Å². The van der Waals surface area contributed by atoms with Gasteiger partial charge in [-0.15, -0.1) is 0 Å². The summed E-state index contributed by atoms with van der Waals surface area (Å²) in [5, 5.41) is 12.1. The molecule has 0 aliphatic carbocycles. The lowest BCUT2D eigenvalue weighted by atomic mass is 10.0. The van der Waals surface area contributed by atoms with Gasteiger partial charge in [0.15, 0.2) is 11.5 Å². The number of hydrogen-bond donors (Lipinski definition) is 0. The SMILES string of the molecule is COc1ccc2oc(=O)c(-c3cc(OC)c(OC)cc3[N+](=O)[O-])cc2c1. The first kappa shape index (κ1) is 17.3. The molecular weight excluding hydrogens is 342 g/mol. The second-order valence-electron chi connectivity index (χ2n) is 5.33. The zero-order chi connectivity index (χ0) is 18.8. The van der Waals surface area contributed by atoms with E-state index in [2.05, 4.69) is 0 Å². The summed E-state index contributed by atoms with van der Waals surface area (Å²) in [5.74, 6) is 1.02. The molecule has 0 aliphatic rings. The third-order valence-corrected chi connectivity index (χ3v) is 3.93. The predicted molar refractivity (Wildman–Crippen MR) is 94.2 cm³/mol. The van der Waals surface area contributed by atoms with Gasteiger partial charge in [0.1, 0.15) is 11.3 Å². The zero-order valence-corrected chi connectivity index (χ0v) is 14.3. The lowest BCUT2D eigenvalue weighted by molar-refractivity contribution is -0.384. The van der Waals surface area contributed by atoms with Crippen molar-refractivity contribution in [2.75, 3.05) is 21.3 Å². The van der Waals surface area contributed by atoms with Gasteiger partial charge in [-0.05, 0) is 30.3 Å². The number of fused-ring (bicyclic) bond motifs is 1. The van der Waals surface area contributed by atoms with Crippen LogP contribution in [0.2, 0.25) is 0 Å². The molecule has 0 fully saturated rings. The van der Waals surface area contributed by atoms with Crippen LogP contribution in [0.15, 0.2) is 45.6 Å². The molecule has 0 spiro atoms. The molecule has 26 heavy (non-hydrogen) atoms.